The molecule has 1 aromatic heterocycles. The average Bonchev–Trinajstić information content (AvgIpc) is 3.18. The van der Waals surface area contributed by atoms with Gasteiger partial charge in [-0.05, 0) is 79.8 Å². The normalized spacial score (nSPS) is 18.5. The number of carbonyl (C=O) groups is 1. The lowest BCUT2D eigenvalue weighted by molar-refractivity contribution is -0.137. The van der Waals surface area contributed by atoms with Crippen LogP contribution in [0.5, 0.6) is 0 Å². The quantitative estimate of drug-likeness (QED) is 0.349. The Bertz CT molecular complexity index is 1220. The van der Waals surface area contributed by atoms with Crippen molar-refractivity contribution in [1.82, 2.24) is 5.16 Å². The average molecular weight is 526 g/mol. The van der Waals surface area contributed by atoms with Crippen LogP contribution < -0.4 is 11.1 Å². The Kier molecular flexibility index (Phi) is 7.33. The summed E-state index contributed by atoms with van der Waals surface area (Å²) in [7, 11) is 0. The topological polar surface area (TPSA) is 81.2 Å². The maximum atomic E-state index is 13.4. The largest absolute Gasteiger partial charge is 0.416 e. The first kappa shape index (κ1) is 25.4. The van der Waals surface area contributed by atoms with Crippen LogP contribution in [0.15, 0.2) is 40.9 Å². The fourth-order valence-corrected chi connectivity index (χ4v) is 5.13. The highest BCUT2D eigenvalue weighted by Gasteiger charge is 2.34. The molecule has 1 saturated carbocycles. The highest BCUT2D eigenvalue weighted by Crippen LogP contribution is 2.43. The van der Waals surface area contributed by atoms with Crippen molar-refractivity contribution in [2.45, 2.75) is 44.7 Å². The van der Waals surface area contributed by atoms with E-state index < -0.39 is 17.6 Å². The van der Waals surface area contributed by atoms with Crippen molar-refractivity contribution in [2.24, 2.45) is 11.7 Å². The van der Waals surface area contributed by atoms with E-state index in [1.807, 2.05) is 19.1 Å². The van der Waals surface area contributed by atoms with Crippen LogP contribution in [0.2, 0.25) is 10.0 Å². The van der Waals surface area contributed by atoms with E-state index in [1.165, 1.54) is 0 Å². The third-order valence-electron chi connectivity index (χ3n) is 6.53. The molecule has 35 heavy (non-hydrogen) atoms. The molecular weight excluding hydrogens is 502 g/mol. The van der Waals surface area contributed by atoms with E-state index in [2.05, 4.69) is 10.5 Å². The number of nitrogens with two attached hydrogens (primary N) is 1. The number of nitrogens with zero attached hydrogens (tertiary/aromatic N) is 1. The van der Waals surface area contributed by atoms with E-state index >= 15 is 0 Å². The van der Waals surface area contributed by atoms with E-state index in [4.69, 9.17) is 33.5 Å². The molecule has 0 aliphatic heterocycles. The Balaban J connectivity index is 1.44. The van der Waals surface area contributed by atoms with Crippen LogP contribution in [0.3, 0.4) is 0 Å². The van der Waals surface area contributed by atoms with Gasteiger partial charge < -0.3 is 15.6 Å². The Morgan fingerprint density at radius 1 is 1.14 bits per heavy atom. The number of nitrogens with one attached hydrogen (secondary N) is 1. The zero-order valence-electron chi connectivity index (χ0n) is 18.9. The van der Waals surface area contributed by atoms with E-state index in [1.54, 1.807) is 12.1 Å². The van der Waals surface area contributed by atoms with Gasteiger partial charge in [-0.15, -0.1) is 0 Å². The smallest absolute Gasteiger partial charge is 0.366 e. The molecule has 3 N–H and O–H groups in total. The number of carbonyl (C=O) groups excluding carboxylic acids is 1. The Morgan fingerprint density at radius 3 is 2.40 bits per heavy atom. The number of hydrogen-bond donors (Lipinski definition) is 2. The fraction of sp³-hybridized carbons (Fsp3) is 0.360. The number of halogens is 5. The summed E-state index contributed by atoms with van der Waals surface area (Å²) in [6, 6.07) is 9.18. The van der Waals surface area contributed by atoms with Crippen LogP contribution in [-0.2, 0) is 6.18 Å². The molecule has 0 unspecified atom stereocenters. The van der Waals surface area contributed by atoms with Crippen molar-refractivity contribution < 1.29 is 22.5 Å². The van der Waals surface area contributed by atoms with Crippen LogP contribution in [0.4, 0.5) is 19.1 Å². The molecule has 3 aromatic rings. The molecule has 0 radical (unpaired) electrons. The summed E-state index contributed by atoms with van der Waals surface area (Å²) in [5, 5.41) is 8.06. The van der Waals surface area contributed by atoms with Gasteiger partial charge in [0.1, 0.15) is 0 Å². The molecule has 0 saturated heterocycles. The van der Waals surface area contributed by atoms with Gasteiger partial charge in [0.2, 0.25) is 11.8 Å². The van der Waals surface area contributed by atoms with Crippen LogP contribution in [0.25, 0.3) is 11.1 Å². The van der Waals surface area contributed by atoms with Crippen LogP contribution in [-0.4, -0.2) is 17.6 Å². The molecule has 0 spiro atoms. The highest BCUT2D eigenvalue weighted by molar-refractivity contribution is 6.34. The first-order valence-electron chi connectivity index (χ1n) is 11.2. The zero-order valence-corrected chi connectivity index (χ0v) is 20.4. The molecule has 10 heteroatoms. The van der Waals surface area contributed by atoms with Crippen molar-refractivity contribution in [3.63, 3.8) is 0 Å². The summed E-state index contributed by atoms with van der Waals surface area (Å²) in [4.78, 5) is 11.7. The predicted molar refractivity (Wildman–Crippen MR) is 130 cm³/mol. The number of anilines is 1. The third kappa shape index (κ3) is 5.59. The number of hydrogen-bond acceptors (Lipinski definition) is 4. The van der Waals surface area contributed by atoms with Crippen LogP contribution in [0.1, 0.15) is 58.8 Å². The van der Waals surface area contributed by atoms with Gasteiger partial charge in [-0.2, -0.15) is 13.2 Å². The van der Waals surface area contributed by atoms with Gasteiger partial charge in [0.05, 0.1) is 27.4 Å². The second kappa shape index (κ2) is 10.1. The van der Waals surface area contributed by atoms with Crippen LogP contribution >= 0.6 is 23.2 Å². The number of amides is 1. The third-order valence-corrected chi connectivity index (χ3v) is 7.20. The predicted octanol–water partition coefficient (Wildman–Crippen LogP) is 7.46. The molecule has 1 aliphatic carbocycles. The van der Waals surface area contributed by atoms with E-state index in [0.717, 1.165) is 41.8 Å². The minimum atomic E-state index is -4.60. The Morgan fingerprint density at radius 2 is 1.80 bits per heavy atom. The van der Waals surface area contributed by atoms with Crippen molar-refractivity contribution in [3.8, 4) is 11.1 Å². The maximum absolute atomic E-state index is 13.4. The van der Waals surface area contributed by atoms with Crippen LogP contribution in [0, 0.1) is 12.8 Å². The van der Waals surface area contributed by atoms with E-state index in [0.29, 0.717) is 35.9 Å². The summed E-state index contributed by atoms with van der Waals surface area (Å²) in [5.74, 6) is -0.302. The first-order chi connectivity index (χ1) is 16.5. The lowest BCUT2D eigenvalue weighted by atomic mass is 9.78. The molecule has 1 fully saturated rings. The molecule has 2 aromatic carbocycles. The van der Waals surface area contributed by atoms with Crippen molar-refractivity contribution in [2.75, 3.05) is 11.9 Å². The Hall–Kier alpha value is -2.71. The van der Waals surface area contributed by atoms with Gasteiger partial charge in [-0.1, -0.05) is 40.5 Å². The summed E-state index contributed by atoms with van der Waals surface area (Å²) in [5.41, 5.74) is 6.96. The monoisotopic (exact) mass is 525 g/mol. The number of rotatable bonds is 6. The SMILES string of the molecule is Cc1noc(NCC2CCC(c3cc(C(F)(F)F)cc(C(N)=O)c3Cl)CC2)c1-c1ccc(Cl)cc1. The molecule has 4 rings (SSSR count). The molecule has 5 nitrogen and oxygen atoms in total. The minimum absolute atomic E-state index is 0.0109. The van der Waals surface area contributed by atoms with Gasteiger partial charge >= 0.3 is 6.18 Å². The summed E-state index contributed by atoms with van der Waals surface area (Å²) in [6.45, 7) is 2.49. The number of benzene rings is 2. The van der Waals surface area contributed by atoms with Crippen molar-refractivity contribution in [1.29, 1.82) is 0 Å². The number of alkyl halides is 3. The van der Waals surface area contributed by atoms with Gasteiger partial charge in [0.15, 0.2) is 0 Å². The van der Waals surface area contributed by atoms with E-state index in [-0.39, 0.29) is 22.4 Å². The second-order valence-electron chi connectivity index (χ2n) is 8.87. The van der Waals surface area contributed by atoms with Crippen molar-refractivity contribution in [3.05, 3.63) is 68.8 Å². The minimum Gasteiger partial charge on any atom is -0.366 e. The van der Waals surface area contributed by atoms with Crippen molar-refractivity contribution >= 4 is 35.0 Å². The highest BCUT2D eigenvalue weighted by atomic mass is 35.5. The molecule has 186 valence electrons. The lowest BCUT2D eigenvalue weighted by Crippen LogP contribution is -2.22. The first-order valence-corrected chi connectivity index (χ1v) is 12.0. The second-order valence-corrected chi connectivity index (χ2v) is 9.68. The van der Waals surface area contributed by atoms with Gasteiger partial charge in [0, 0.05) is 11.6 Å². The summed E-state index contributed by atoms with van der Waals surface area (Å²) < 4.78 is 45.7. The van der Waals surface area contributed by atoms with Gasteiger partial charge in [0.25, 0.3) is 0 Å². The van der Waals surface area contributed by atoms with Gasteiger partial charge in [-0.3, -0.25) is 4.79 Å². The summed E-state index contributed by atoms with van der Waals surface area (Å²) >= 11 is 12.3. The molecule has 1 amide bonds. The number of primary amides is 1. The molecule has 0 bridgehead atoms. The molecular formula is C25H24Cl2F3N3O2. The Labute approximate surface area is 210 Å². The number of aryl methyl sites for hydroxylation is 1. The molecule has 0 atom stereocenters. The molecule has 1 heterocycles. The maximum Gasteiger partial charge on any atom is 0.416 e. The summed E-state index contributed by atoms with van der Waals surface area (Å²) in [6.07, 6.45) is -1.75. The fourth-order valence-electron chi connectivity index (χ4n) is 4.65. The van der Waals surface area contributed by atoms with Gasteiger partial charge in [-0.25, -0.2) is 0 Å². The lowest BCUT2D eigenvalue weighted by Gasteiger charge is -2.30. The molecule has 1 aliphatic rings. The van der Waals surface area contributed by atoms with E-state index in [9.17, 15) is 18.0 Å². The zero-order chi connectivity index (χ0) is 25.3. The number of aromatic nitrogens is 1. The standard InChI is InChI=1S/C25H24Cl2F3N3O2/c1-13-21(16-6-8-18(26)9-7-16)24(35-33-13)32-12-14-2-4-15(5-3-14)19-10-17(25(28,29)30)11-20(22(19)27)23(31)34/h6-11,14-15,32H,2-5,12H2,1H3,(H2,31,34).